The third-order valence-corrected chi connectivity index (χ3v) is 12.9. The van der Waals surface area contributed by atoms with E-state index in [1.807, 2.05) is 84.9 Å². The molecule has 7 N–H and O–H groups in total. The third-order valence-electron chi connectivity index (χ3n) is 12.9. The van der Waals surface area contributed by atoms with E-state index in [2.05, 4.69) is 56.4 Å². The lowest BCUT2D eigenvalue weighted by molar-refractivity contribution is -0.149. The minimum atomic E-state index is -1.16. The number of aliphatic imine (C=N–C) groups is 1. The van der Waals surface area contributed by atoms with E-state index in [9.17, 15) is 24.0 Å². The van der Waals surface area contributed by atoms with Crippen molar-refractivity contribution in [1.82, 2.24) is 26.6 Å². The van der Waals surface area contributed by atoms with Gasteiger partial charge in [-0.15, -0.1) is 6.58 Å². The average Bonchev–Trinajstić information content (AvgIpc) is 3.41. The smallest absolute Gasteiger partial charge is 0.407 e. The molecule has 4 amide bonds. The number of esters is 1. The number of carbonyl (C=O) groups excluding carboxylic acids is 5. The lowest BCUT2D eigenvalue weighted by Crippen LogP contribution is -2.56. The summed E-state index contributed by atoms with van der Waals surface area (Å²) in [6.45, 7) is 9.78. The lowest BCUT2D eigenvalue weighted by atomic mass is 9.90. The molecule has 0 aromatic heterocycles. The number of fused-ring (bicyclic) bond motifs is 2. The van der Waals surface area contributed by atoms with Crippen LogP contribution in [-0.4, -0.2) is 92.8 Å². The number of guanidine groups is 1. The Bertz CT molecular complexity index is 2750. The van der Waals surface area contributed by atoms with Crippen molar-refractivity contribution in [2.45, 2.75) is 137 Å². The first-order chi connectivity index (χ1) is 36.2. The minimum Gasteiger partial charge on any atom is -0.493 e. The predicted molar refractivity (Wildman–Crippen MR) is 328 cm³/mol. The Morgan fingerprint density at radius 2 is 1.23 bits per heavy atom. The number of unbranched alkanes of at least 4 members (excludes halogenated alkanes) is 1. The Hall–Kier alpha value is -6.92. The molecule has 432 valence electrons. The van der Waals surface area contributed by atoms with Gasteiger partial charge in [0, 0.05) is 31.3 Å². The minimum absolute atomic E-state index is 0. The summed E-state index contributed by atoms with van der Waals surface area (Å²) in [5.74, 6) is -0.699. The van der Waals surface area contributed by atoms with Crippen molar-refractivity contribution < 1.29 is 42.9 Å². The Morgan fingerprint density at radius 1 is 0.684 bits per heavy atom. The molecule has 0 aliphatic heterocycles. The number of benzene rings is 5. The topological polar surface area (TPSA) is 221 Å². The van der Waals surface area contributed by atoms with E-state index < -0.39 is 60.1 Å². The number of amides is 4. The van der Waals surface area contributed by atoms with Gasteiger partial charge in [-0.25, -0.2) is 9.59 Å². The maximum Gasteiger partial charge on any atom is 0.407 e. The highest BCUT2D eigenvalue weighted by atomic mass is 32.1. The number of nitrogens with zero attached hydrogens (tertiary/aromatic N) is 1. The highest BCUT2D eigenvalue weighted by Crippen LogP contribution is 2.46. The molecule has 1 aliphatic carbocycles. The van der Waals surface area contributed by atoms with Crippen LogP contribution in [0.4, 0.5) is 4.79 Å². The van der Waals surface area contributed by atoms with Crippen LogP contribution in [0.15, 0.2) is 121 Å². The van der Waals surface area contributed by atoms with E-state index in [0.717, 1.165) is 56.8 Å². The number of ether oxygens (including phenoxy) is 4. The zero-order valence-electron chi connectivity index (χ0n) is 44.9. The molecule has 0 radical (unpaired) electrons. The first kappa shape index (κ1) is 68.2. The number of carbonyl (C=O) groups is 5. The lowest BCUT2D eigenvalue weighted by Gasteiger charge is -2.25. The first-order valence-corrected chi connectivity index (χ1v) is 26.2. The molecule has 5 aromatic carbocycles. The number of hydrogen-bond donors (Lipinski definition) is 6. The van der Waals surface area contributed by atoms with Gasteiger partial charge in [-0.3, -0.25) is 19.4 Å². The largest absolute Gasteiger partial charge is 0.493 e. The Morgan fingerprint density at radius 3 is 1.82 bits per heavy atom. The van der Waals surface area contributed by atoms with Crippen molar-refractivity contribution in [3.05, 3.63) is 121 Å². The number of alkyl carbamates (subject to hydrolysis) is 1. The molecule has 6 rings (SSSR count). The summed E-state index contributed by atoms with van der Waals surface area (Å²) in [6, 6.07) is 29.8. The number of nitrogens with one attached hydrogen (secondary N) is 5. The van der Waals surface area contributed by atoms with Crippen LogP contribution >= 0.6 is 27.0 Å². The summed E-state index contributed by atoms with van der Waals surface area (Å²) < 4.78 is 24.2. The monoisotopic (exact) mass is 1130 g/mol. The van der Waals surface area contributed by atoms with Gasteiger partial charge in [0.15, 0.2) is 12.6 Å². The second-order valence-electron chi connectivity index (χ2n) is 19.9. The van der Waals surface area contributed by atoms with E-state index in [-0.39, 0.29) is 80.2 Å². The van der Waals surface area contributed by atoms with Crippen LogP contribution in [-0.2, 0) is 35.3 Å². The van der Waals surface area contributed by atoms with Gasteiger partial charge >= 0.3 is 12.1 Å². The summed E-state index contributed by atoms with van der Waals surface area (Å²) in [6.07, 6.45) is 8.32. The second kappa shape index (κ2) is 34.9. The van der Waals surface area contributed by atoms with Crippen LogP contribution in [0.1, 0.15) is 112 Å². The molecule has 1 aliphatic rings. The van der Waals surface area contributed by atoms with Crippen molar-refractivity contribution in [3.63, 3.8) is 0 Å². The van der Waals surface area contributed by atoms with E-state index in [1.165, 1.54) is 25.3 Å². The van der Waals surface area contributed by atoms with E-state index >= 15 is 0 Å². The van der Waals surface area contributed by atoms with Crippen LogP contribution in [0.5, 0.6) is 11.5 Å². The van der Waals surface area contributed by atoms with Crippen molar-refractivity contribution in [1.29, 1.82) is 0 Å². The van der Waals surface area contributed by atoms with E-state index in [4.69, 9.17) is 24.7 Å². The summed E-state index contributed by atoms with van der Waals surface area (Å²) in [4.78, 5) is 72.5. The molecule has 3 atom stereocenters. The van der Waals surface area contributed by atoms with Crippen LogP contribution in [0.25, 0.3) is 32.7 Å². The van der Waals surface area contributed by atoms with Crippen molar-refractivity contribution in [3.8, 4) is 22.6 Å². The molecular formula is C61H87N7O9S2. The van der Waals surface area contributed by atoms with Crippen molar-refractivity contribution in [2.24, 2.45) is 16.6 Å². The van der Waals surface area contributed by atoms with Gasteiger partial charge in [-0.2, -0.15) is 27.0 Å². The highest BCUT2D eigenvalue weighted by Gasteiger charge is 2.31. The van der Waals surface area contributed by atoms with Crippen LogP contribution in [0.3, 0.4) is 0 Å². The normalized spacial score (nSPS) is 13.4. The van der Waals surface area contributed by atoms with Crippen LogP contribution < -0.4 is 41.8 Å². The van der Waals surface area contributed by atoms with Gasteiger partial charge in [0.25, 0.3) is 5.91 Å². The predicted octanol–water partition coefficient (Wildman–Crippen LogP) is 10.3. The molecule has 0 saturated heterocycles. The van der Waals surface area contributed by atoms with Gasteiger partial charge in [0.2, 0.25) is 11.8 Å². The fourth-order valence-electron chi connectivity index (χ4n) is 9.07. The molecule has 16 nitrogen and oxygen atoms in total. The summed E-state index contributed by atoms with van der Waals surface area (Å²) in [7, 11) is 1.54. The Labute approximate surface area is 482 Å². The molecule has 18 heteroatoms. The van der Waals surface area contributed by atoms with Gasteiger partial charge in [-0.05, 0) is 117 Å². The number of hydrogen-bond acceptors (Lipinski definition) is 10. The summed E-state index contributed by atoms with van der Waals surface area (Å²) in [5, 5.41) is 18.1. The molecule has 0 heterocycles. The van der Waals surface area contributed by atoms with Crippen molar-refractivity contribution >= 4 is 84.3 Å². The van der Waals surface area contributed by atoms with E-state index in [0.29, 0.717) is 44.1 Å². The maximum absolute atomic E-state index is 14.5. The van der Waals surface area contributed by atoms with Crippen molar-refractivity contribution in [2.75, 3.05) is 33.4 Å². The fourth-order valence-corrected chi connectivity index (χ4v) is 9.07. The summed E-state index contributed by atoms with van der Waals surface area (Å²) >= 11 is 0. The number of nitrogens with two attached hydrogens (primary N) is 1. The van der Waals surface area contributed by atoms with E-state index in [1.54, 1.807) is 27.8 Å². The van der Waals surface area contributed by atoms with Crippen LogP contribution in [0, 0.1) is 5.92 Å². The van der Waals surface area contributed by atoms with Gasteiger partial charge in [0.1, 0.15) is 41.8 Å². The first-order valence-electron chi connectivity index (χ1n) is 26.2. The van der Waals surface area contributed by atoms with Gasteiger partial charge in [-0.1, -0.05) is 131 Å². The molecule has 0 bridgehead atoms. The standard InChI is InChI=1S/C59H75N7O9.2CH4.2H2S/c1-6-20-48(56(70)74-38-41-23-11-8-12-24-41)66-55(69)47(30-19-36-62-57(60)61-5)65-54(68)46(29-17-18-35-63-58(71)75-59(2,3)4)64-51(67)39-73-50-34-32-43-26-14-16-28-45(43)53(50)52-44-27-15-13-25-42(44)31-33-49(52)72-37-40-21-9-7-10-22-40;;;;/h6,8,11-16,23-28,31-34,40,46-48H,1,7,9-10,17-22,29-30,35-39H2,2-5H3,(H,63,71)(H,64,67)(H,65,68)(H,66,69)(H3,60,61,62);2*1H4;2*1H2/t46-,47-,48+;;;;/m1..../s1. The van der Waals surface area contributed by atoms with Crippen LogP contribution in [0.2, 0.25) is 0 Å². The SMILES string of the molecule is C.C.C=CC[C@H](NC(=O)[C@@H](CCCNC(N)=NC)NC(=O)[C@@H](CCCCNC(=O)OC(C)(C)C)NC(=O)COc1ccc2ccccc2c1-c1c(OCC2CCCCC2)ccc2ccccc12)C(=O)OCc1ccccc1.S.S. The second-order valence-corrected chi connectivity index (χ2v) is 19.9. The zero-order chi connectivity index (χ0) is 53.6. The Kier molecular flexibility index (Phi) is 30.1. The molecule has 79 heavy (non-hydrogen) atoms. The quantitative estimate of drug-likeness (QED) is 0.0101. The summed E-state index contributed by atoms with van der Waals surface area (Å²) in [5.41, 5.74) is 7.58. The molecule has 1 fully saturated rings. The zero-order valence-corrected chi connectivity index (χ0v) is 46.9. The number of rotatable bonds is 26. The Balaban J connectivity index is 0.00000533. The molecule has 1 saturated carbocycles. The molecule has 0 spiro atoms. The fraction of sp³-hybridized carbons (Fsp3) is 0.443. The average molecular weight is 1130 g/mol. The maximum atomic E-state index is 14.5. The molecule has 0 unspecified atom stereocenters. The molecular weight excluding hydrogens is 1040 g/mol. The van der Waals surface area contributed by atoms with Gasteiger partial charge < -0.3 is 51.3 Å². The third kappa shape index (κ3) is 21.7. The molecule has 5 aromatic rings. The highest BCUT2D eigenvalue weighted by molar-refractivity contribution is 7.59. The van der Waals surface area contributed by atoms with Gasteiger partial charge in [0.05, 0.1) is 6.61 Å².